The number of nitrogens with one attached hydrogen (secondary N) is 1. The first-order chi connectivity index (χ1) is 12.0. The van der Waals surface area contributed by atoms with Gasteiger partial charge in [-0.1, -0.05) is 6.07 Å². The predicted molar refractivity (Wildman–Crippen MR) is 89.5 cm³/mol. The van der Waals surface area contributed by atoms with Gasteiger partial charge in [-0.3, -0.25) is 0 Å². The predicted octanol–water partition coefficient (Wildman–Crippen LogP) is 1.48. The molecule has 0 unspecified atom stereocenters. The fourth-order valence-corrected chi connectivity index (χ4v) is 3.30. The van der Waals surface area contributed by atoms with Crippen molar-refractivity contribution in [3.05, 3.63) is 48.9 Å². The van der Waals surface area contributed by atoms with Crippen LogP contribution >= 0.6 is 0 Å². The minimum Gasteiger partial charge on any atom is -0.497 e. The summed E-state index contributed by atoms with van der Waals surface area (Å²) >= 11 is 0. The largest absolute Gasteiger partial charge is 0.497 e. The lowest BCUT2D eigenvalue weighted by atomic mass is 10.3. The van der Waals surface area contributed by atoms with E-state index in [0.717, 1.165) is 0 Å². The third kappa shape index (κ3) is 3.38. The lowest BCUT2D eigenvalue weighted by molar-refractivity contribution is 0.392. The molecule has 3 rings (SSSR count). The quantitative estimate of drug-likeness (QED) is 0.708. The number of rotatable bonds is 6. The average molecular weight is 361 g/mol. The van der Waals surface area contributed by atoms with Crippen molar-refractivity contribution in [2.24, 2.45) is 0 Å². The van der Waals surface area contributed by atoms with Crippen LogP contribution in [0.3, 0.4) is 0 Å². The van der Waals surface area contributed by atoms with E-state index in [1.807, 2.05) is 0 Å². The number of anilines is 1. The number of pyridine rings is 1. The highest BCUT2D eigenvalue weighted by Gasteiger charge is 2.23. The molecule has 0 saturated carbocycles. The molecule has 1 aromatic carbocycles. The molecular weight excluding hydrogens is 346 g/mol. The molecule has 0 fully saturated rings. The number of hydrogen-bond donors (Lipinski definition) is 1. The van der Waals surface area contributed by atoms with E-state index in [4.69, 9.17) is 9.47 Å². The van der Waals surface area contributed by atoms with Crippen LogP contribution < -0.4 is 14.2 Å². The monoisotopic (exact) mass is 361 g/mol. The van der Waals surface area contributed by atoms with Crippen molar-refractivity contribution < 1.29 is 17.9 Å². The average Bonchev–Trinajstić information content (AvgIpc) is 3.09. The standard InChI is InChI=1S/C15H15N5O4S/c1-23-11-6-7-12(24-2)13(9-11)25(21,22)19-15-17-10-18-20(15)14-5-3-4-8-16-14/h3-10H,1-2H3,(H,17,18,19). The molecule has 0 bridgehead atoms. The van der Waals surface area contributed by atoms with E-state index in [1.54, 1.807) is 30.5 Å². The highest BCUT2D eigenvalue weighted by molar-refractivity contribution is 7.92. The van der Waals surface area contributed by atoms with Crippen molar-refractivity contribution in [3.63, 3.8) is 0 Å². The van der Waals surface area contributed by atoms with Gasteiger partial charge in [0.15, 0.2) is 5.82 Å². The highest BCUT2D eigenvalue weighted by Crippen LogP contribution is 2.29. The summed E-state index contributed by atoms with van der Waals surface area (Å²) in [7, 11) is -1.16. The Labute approximate surface area is 144 Å². The topological polar surface area (TPSA) is 108 Å². The van der Waals surface area contributed by atoms with Gasteiger partial charge in [0.2, 0.25) is 5.95 Å². The first-order valence-electron chi connectivity index (χ1n) is 7.11. The van der Waals surface area contributed by atoms with E-state index in [2.05, 4.69) is 19.8 Å². The normalized spacial score (nSPS) is 11.1. The van der Waals surface area contributed by atoms with Crippen molar-refractivity contribution in [1.29, 1.82) is 0 Å². The third-order valence-electron chi connectivity index (χ3n) is 3.30. The van der Waals surface area contributed by atoms with E-state index in [-0.39, 0.29) is 16.6 Å². The summed E-state index contributed by atoms with van der Waals surface area (Å²) < 4.78 is 39.5. The van der Waals surface area contributed by atoms with Gasteiger partial charge < -0.3 is 9.47 Å². The number of methoxy groups -OCH3 is 2. The smallest absolute Gasteiger partial charge is 0.268 e. The minimum atomic E-state index is -4.00. The van der Waals surface area contributed by atoms with E-state index in [9.17, 15) is 8.42 Å². The summed E-state index contributed by atoms with van der Waals surface area (Å²) in [6.45, 7) is 0. The van der Waals surface area contributed by atoms with Crippen LogP contribution in [0.15, 0.2) is 53.8 Å². The number of ether oxygens (including phenoxy) is 2. The first kappa shape index (κ1) is 16.7. The molecule has 2 aromatic heterocycles. The molecular formula is C15H15N5O4S. The number of sulfonamides is 1. The van der Waals surface area contributed by atoms with Gasteiger partial charge in [-0.05, 0) is 24.3 Å². The number of hydrogen-bond acceptors (Lipinski definition) is 7. The van der Waals surface area contributed by atoms with Crippen LogP contribution in [0.1, 0.15) is 0 Å². The number of aromatic nitrogens is 4. The second kappa shape index (κ2) is 6.77. The van der Waals surface area contributed by atoms with Gasteiger partial charge in [0.1, 0.15) is 22.7 Å². The summed E-state index contributed by atoms with van der Waals surface area (Å²) in [5.41, 5.74) is 0. The molecule has 130 valence electrons. The van der Waals surface area contributed by atoms with Gasteiger partial charge in [0, 0.05) is 12.3 Å². The Hall–Kier alpha value is -3.14. The van der Waals surface area contributed by atoms with E-state index in [1.165, 1.54) is 37.4 Å². The zero-order valence-corrected chi connectivity index (χ0v) is 14.3. The molecule has 0 aliphatic carbocycles. The van der Waals surface area contributed by atoms with Gasteiger partial charge in [-0.2, -0.15) is 14.8 Å². The molecule has 0 aliphatic heterocycles. The summed E-state index contributed by atoms with van der Waals surface area (Å²) in [5, 5.41) is 4.00. The van der Waals surface area contributed by atoms with Gasteiger partial charge in [0.25, 0.3) is 10.0 Å². The van der Waals surface area contributed by atoms with Crippen molar-refractivity contribution in [1.82, 2.24) is 19.7 Å². The molecule has 2 heterocycles. The molecule has 1 N–H and O–H groups in total. The lowest BCUT2D eigenvalue weighted by Gasteiger charge is -2.12. The van der Waals surface area contributed by atoms with Crippen LogP contribution in [-0.2, 0) is 10.0 Å². The molecule has 0 spiro atoms. The van der Waals surface area contributed by atoms with Crippen molar-refractivity contribution >= 4 is 16.0 Å². The minimum absolute atomic E-state index is 0.00331. The molecule has 25 heavy (non-hydrogen) atoms. The Balaban J connectivity index is 2.00. The molecule has 10 heteroatoms. The maximum Gasteiger partial charge on any atom is 0.268 e. The van der Waals surface area contributed by atoms with Crippen LogP contribution in [0.2, 0.25) is 0 Å². The first-order valence-corrected chi connectivity index (χ1v) is 8.60. The zero-order chi connectivity index (χ0) is 17.9. The van der Waals surface area contributed by atoms with Gasteiger partial charge in [0.05, 0.1) is 14.2 Å². The van der Waals surface area contributed by atoms with E-state index >= 15 is 0 Å². The second-order valence-corrected chi connectivity index (χ2v) is 6.46. The molecule has 0 atom stereocenters. The maximum absolute atomic E-state index is 12.8. The molecule has 0 amide bonds. The van der Waals surface area contributed by atoms with Crippen molar-refractivity contribution in [3.8, 4) is 17.3 Å². The molecule has 0 radical (unpaired) electrons. The van der Waals surface area contributed by atoms with E-state index in [0.29, 0.717) is 11.6 Å². The Morgan fingerprint density at radius 2 is 1.92 bits per heavy atom. The fourth-order valence-electron chi connectivity index (χ4n) is 2.13. The van der Waals surface area contributed by atoms with Gasteiger partial charge in [-0.15, -0.1) is 0 Å². The van der Waals surface area contributed by atoms with Gasteiger partial charge >= 0.3 is 0 Å². The molecule has 9 nitrogen and oxygen atoms in total. The van der Waals surface area contributed by atoms with Gasteiger partial charge in [-0.25, -0.2) is 18.1 Å². The maximum atomic E-state index is 12.8. The van der Waals surface area contributed by atoms with E-state index < -0.39 is 10.0 Å². The SMILES string of the molecule is COc1ccc(OC)c(S(=O)(=O)Nc2ncnn2-c2ccccn2)c1. The Morgan fingerprint density at radius 1 is 1.08 bits per heavy atom. The van der Waals surface area contributed by atoms with Crippen LogP contribution in [0.5, 0.6) is 11.5 Å². The summed E-state index contributed by atoms with van der Waals surface area (Å²) in [6, 6.07) is 9.66. The van der Waals surface area contributed by atoms with Crippen molar-refractivity contribution in [2.75, 3.05) is 18.9 Å². The van der Waals surface area contributed by atoms with Crippen LogP contribution in [0.4, 0.5) is 5.95 Å². The Bertz CT molecular complexity index is 973. The van der Waals surface area contributed by atoms with Crippen molar-refractivity contribution in [2.45, 2.75) is 4.90 Å². The summed E-state index contributed by atoms with van der Waals surface area (Å²) in [4.78, 5) is 8.00. The lowest BCUT2D eigenvalue weighted by Crippen LogP contribution is -2.18. The van der Waals surface area contributed by atoms with Crippen LogP contribution in [0.25, 0.3) is 5.82 Å². The Morgan fingerprint density at radius 3 is 2.60 bits per heavy atom. The van der Waals surface area contributed by atoms with Crippen LogP contribution in [-0.4, -0.2) is 42.4 Å². The number of benzene rings is 1. The molecule has 0 aliphatic rings. The Kier molecular flexibility index (Phi) is 4.52. The fraction of sp³-hybridized carbons (Fsp3) is 0.133. The summed E-state index contributed by atoms with van der Waals surface area (Å²) in [6.07, 6.45) is 2.80. The number of nitrogens with zero attached hydrogens (tertiary/aromatic N) is 4. The molecule has 0 saturated heterocycles. The zero-order valence-electron chi connectivity index (χ0n) is 13.4. The third-order valence-corrected chi connectivity index (χ3v) is 4.65. The van der Waals surface area contributed by atoms with Crippen LogP contribution in [0, 0.1) is 0 Å². The molecule has 3 aromatic rings. The second-order valence-electron chi connectivity index (χ2n) is 4.81. The summed E-state index contributed by atoms with van der Waals surface area (Å²) in [5.74, 6) is 0.989. The highest BCUT2D eigenvalue weighted by atomic mass is 32.2.